The third-order valence-electron chi connectivity index (χ3n) is 6.52. The minimum atomic E-state index is 0.0693. The van der Waals surface area contributed by atoms with Crippen LogP contribution in [0.3, 0.4) is 0 Å². The summed E-state index contributed by atoms with van der Waals surface area (Å²) in [4.78, 5) is 26.8. The molecule has 0 spiro atoms. The molecule has 0 atom stereocenters. The molecule has 1 saturated heterocycles. The number of hydrogen-bond donors (Lipinski definition) is 0. The van der Waals surface area contributed by atoms with Crippen LogP contribution in [0.2, 0.25) is 0 Å². The van der Waals surface area contributed by atoms with Gasteiger partial charge in [-0.2, -0.15) is 0 Å². The fraction of sp³-hybridized carbons (Fsp3) is 0.296. The maximum absolute atomic E-state index is 13.0. The van der Waals surface area contributed by atoms with Gasteiger partial charge in [-0.1, -0.05) is 30.3 Å². The van der Waals surface area contributed by atoms with E-state index < -0.39 is 0 Å². The van der Waals surface area contributed by atoms with E-state index >= 15 is 0 Å². The van der Waals surface area contributed by atoms with E-state index in [1.165, 1.54) is 5.56 Å². The average Bonchev–Trinajstić information content (AvgIpc) is 2.86. The molecule has 1 fully saturated rings. The summed E-state index contributed by atoms with van der Waals surface area (Å²) >= 11 is 0. The molecule has 0 unspecified atom stereocenters. The smallest absolute Gasteiger partial charge is 0.261 e. The van der Waals surface area contributed by atoms with E-state index in [2.05, 4.69) is 57.0 Å². The Morgan fingerprint density at radius 3 is 2.58 bits per heavy atom. The Morgan fingerprint density at radius 2 is 1.79 bits per heavy atom. The fourth-order valence-electron chi connectivity index (χ4n) is 4.69. The lowest BCUT2D eigenvalue weighted by molar-refractivity contribution is 0.188. The van der Waals surface area contributed by atoms with Crippen molar-refractivity contribution in [3.05, 3.63) is 95.2 Å². The molecular formula is C27H29N5O. The van der Waals surface area contributed by atoms with Gasteiger partial charge in [-0.05, 0) is 61.7 Å². The van der Waals surface area contributed by atoms with Crippen LogP contribution in [0.4, 0.5) is 11.5 Å². The van der Waals surface area contributed by atoms with Gasteiger partial charge < -0.3 is 9.80 Å². The molecule has 4 aromatic rings. The molecule has 0 aliphatic carbocycles. The highest BCUT2D eigenvalue weighted by Gasteiger charge is 2.23. The first-order valence-electron chi connectivity index (χ1n) is 11.6. The van der Waals surface area contributed by atoms with Gasteiger partial charge in [0, 0.05) is 44.1 Å². The van der Waals surface area contributed by atoms with Crippen LogP contribution in [0.25, 0.3) is 10.9 Å². The Bertz CT molecular complexity index is 1280. The molecule has 5 rings (SSSR count). The minimum absolute atomic E-state index is 0.0693. The molecule has 1 aliphatic rings. The van der Waals surface area contributed by atoms with Crippen molar-refractivity contribution in [1.29, 1.82) is 0 Å². The molecule has 0 saturated carbocycles. The molecule has 1 aliphatic heterocycles. The number of aromatic nitrogens is 3. The van der Waals surface area contributed by atoms with Crippen molar-refractivity contribution in [3.63, 3.8) is 0 Å². The van der Waals surface area contributed by atoms with Gasteiger partial charge in [-0.15, -0.1) is 0 Å². The van der Waals surface area contributed by atoms with E-state index in [9.17, 15) is 4.79 Å². The van der Waals surface area contributed by atoms with Gasteiger partial charge in [0.15, 0.2) is 0 Å². The summed E-state index contributed by atoms with van der Waals surface area (Å²) in [6, 6.07) is 22.4. The third kappa shape index (κ3) is 4.66. The molecular weight excluding hydrogens is 410 g/mol. The van der Waals surface area contributed by atoms with Crippen LogP contribution in [-0.2, 0) is 0 Å². The number of benzene rings is 2. The number of hydrogen-bond acceptors (Lipinski definition) is 5. The van der Waals surface area contributed by atoms with Gasteiger partial charge in [-0.25, -0.2) is 9.97 Å². The van der Waals surface area contributed by atoms with Gasteiger partial charge in [0.1, 0.15) is 5.82 Å². The van der Waals surface area contributed by atoms with E-state index in [1.807, 2.05) is 47.2 Å². The van der Waals surface area contributed by atoms with Crippen LogP contribution in [-0.4, -0.2) is 45.6 Å². The van der Waals surface area contributed by atoms with Crippen molar-refractivity contribution in [2.24, 2.45) is 0 Å². The Hall–Kier alpha value is -3.51. The highest BCUT2D eigenvalue weighted by Crippen LogP contribution is 2.25. The Morgan fingerprint density at radius 1 is 0.970 bits per heavy atom. The third-order valence-corrected chi connectivity index (χ3v) is 6.52. The summed E-state index contributed by atoms with van der Waals surface area (Å²) in [5.74, 6) is 0.965. The Kier molecular flexibility index (Phi) is 6.17. The van der Waals surface area contributed by atoms with Crippen LogP contribution < -0.4 is 10.5 Å². The van der Waals surface area contributed by atoms with Crippen LogP contribution >= 0.6 is 0 Å². The standard InChI is InChI=1S/C27H29N5O/c1-21-7-6-8-23(19-21)31(26-11-4-5-14-28-26)18-17-30-15-12-22(13-16-30)32-20-29-25-10-3-2-9-24(25)27(32)33/h2-11,14,19-20,22H,12-13,15-18H2,1H3. The first-order chi connectivity index (χ1) is 16.2. The summed E-state index contributed by atoms with van der Waals surface area (Å²) < 4.78 is 1.84. The summed E-state index contributed by atoms with van der Waals surface area (Å²) in [5.41, 5.74) is 3.24. The van der Waals surface area contributed by atoms with Crippen molar-refractivity contribution in [2.45, 2.75) is 25.8 Å². The maximum Gasteiger partial charge on any atom is 0.261 e. The number of likely N-dealkylation sites (tertiary alicyclic amines) is 1. The van der Waals surface area contributed by atoms with Crippen molar-refractivity contribution < 1.29 is 0 Å². The predicted octanol–water partition coefficient (Wildman–Crippen LogP) is 4.58. The largest absolute Gasteiger partial charge is 0.325 e. The predicted molar refractivity (Wildman–Crippen MR) is 133 cm³/mol. The SMILES string of the molecule is Cc1cccc(N(CCN2CCC(n3cnc4ccccc4c3=O)CC2)c2ccccn2)c1. The summed E-state index contributed by atoms with van der Waals surface area (Å²) in [5, 5.41) is 0.701. The number of para-hydroxylation sites is 1. The first-order valence-corrected chi connectivity index (χ1v) is 11.6. The molecule has 3 heterocycles. The lowest BCUT2D eigenvalue weighted by Crippen LogP contribution is -2.41. The van der Waals surface area contributed by atoms with Crippen LogP contribution in [0.5, 0.6) is 0 Å². The second kappa shape index (κ2) is 9.55. The summed E-state index contributed by atoms with van der Waals surface area (Å²) in [6.07, 6.45) is 5.48. The van der Waals surface area contributed by atoms with Crippen molar-refractivity contribution >= 4 is 22.4 Å². The molecule has 0 N–H and O–H groups in total. The second-order valence-electron chi connectivity index (χ2n) is 8.73. The maximum atomic E-state index is 13.0. The van der Waals surface area contributed by atoms with Gasteiger partial charge in [0.2, 0.25) is 0 Å². The monoisotopic (exact) mass is 439 g/mol. The number of piperidine rings is 1. The van der Waals surface area contributed by atoms with E-state index in [0.29, 0.717) is 5.39 Å². The Labute approximate surface area is 194 Å². The molecule has 0 bridgehead atoms. The van der Waals surface area contributed by atoms with Gasteiger partial charge >= 0.3 is 0 Å². The van der Waals surface area contributed by atoms with E-state index in [-0.39, 0.29) is 11.6 Å². The molecule has 168 valence electrons. The number of anilines is 2. The van der Waals surface area contributed by atoms with Crippen LogP contribution in [0, 0.1) is 6.92 Å². The Balaban J connectivity index is 1.26. The van der Waals surface area contributed by atoms with Crippen molar-refractivity contribution in [3.8, 4) is 0 Å². The fourth-order valence-corrected chi connectivity index (χ4v) is 4.69. The molecule has 6 heteroatoms. The average molecular weight is 440 g/mol. The van der Waals surface area contributed by atoms with Crippen molar-refractivity contribution in [1.82, 2.24) is 19.4 Å². The molecule has 0 amide bonds. The lowest BCUT2D eigenvalue weighted by Gasteiger charge is -2.34. The quantitative estimate of drug-likeness (QED) is 0.440. The zero-order chi connectivity index (χ0) is 22.6. The highest BCUT2D eigenvalue weighted by atomic mass is 16.1. The lowest BCUT2D eigenvalue weighted by atomic mass is 10.0. The van der Waals surface area contributed by atoms with Gasteiger partial charge in [0.25, 0.3) is 5.56 Å². The highest BCUT2D eigenvalue weighted by molar-refractivity contribution is 5.76. The normalized spacial score (nSPS) is 15.1. The topological polar surface area (TPSA) is 54.3 Å². The van der Waals surface area contributed by atoms with Crippen LogP contribution in [0.1, 0.15) is 24.4 Å². The molecule has 2 aromatic heterocycles. The zero-order valence-electron chi connectivity index (χ0n) is 19.0. The van der Waals surface area contributed by atoms with E-state index in [0.717, 1.165) is 56.0 Å². The molecule has 2 aromatic carbocycles. The van der Waals surface area contributed by atoms with Crippen LogP contribution in [0.15, 0.2) is 84.0 Å². The van der Waals surface area contributed by atoms with E-state index in [1.54, 1.807) is 6.33 Å². The van der Waals surface area contributed by atoms with Gasteiger partial charge in [-0.3, -0.25) is 9.36 Å². The molecule has 0 radical (unpaired) electrons. The van der Waals surface area contributed by atoms with E-state index in [4.69, 9.17) is 0 Å². The number of nitrogens with zero attached hydrogens (tertiary/aromatic N) is 5. The summed E-state index contributed by atoms with van der Waals surface area (Å²) in [7, 11) is 0. The number of pyridine rings is 1. The summed E-state index contributed by atoms with van der Waals surface area (Å²) in [6.45, 7) is 5.86. The number of aryl methyl sites for hydroxylation is 1. The number of rotatable bonds is 6. The molecule has 6 nitrogen and oxygen atoms in total. The number of fused-ring (bicyclic) bond motifs is 1. The first kappa shape index (κ1) is 21.3. The van der Waals surface area contributed by atoms with Gasteiger partial charge in [0.05, 0.1) is 17.2 Å². The zero-order valence-corrected chi connectivity index (χ0v) is 19.0. The second-order valence-corrected chi connectivity index (χ2v) is 8.73. The van der Waals surface area contributed by atoms with Crippen molar-refractivity contribution in [2.75, 3.05) is 31.1 Å². The minimum Gasteiger partial charge on any atom is -0.325 e. The molecule has 33 heavy (non-hydrogen) atoms.